The van der Waals surface area contributed by atoms with E-state index in [0.717, 1.165) is 40.8 Å². The van der Waals surface area contributed by atoms with E-state index in [2.05, 4.69) is 27.1 Å². The largest absolute Gasteiger partial charge is 0.421 e. The summed E-state index contributed by atoms with van der Waals surface area (Å²) in [4.78, 5) is 7.97. The van der Waals surface area contributed by atoms with Gasteiger partial charge in [-0.25, -0.2) is 4.98 Å². The Morgan fingerprint density at radius 2 is 2.05 bits per heavy atom. The van der Waals surface area contributed by atoms with Crippen LogP contribution in [0.3, 0.4) is 0 Å². The topological polar surface area (TPSA) is 67.6 Å². The van der Waals surface area contributed by atoms with Crippen molar-refractivity contribution in [1.29, 1.82) is 0 Å². The highest BCUT2D eigenvalue weighted by Crippen LogP contribution is 2.25. The molecule has 0 saturated heterocycles. The van der Waals surface area contributed by atoms with E-state index < -0.39 is 0 Å². The second-order valence-electron chi connectivity index (χ2n) is 4.75. The lowest BCUT2D eigenvalue weighted by molar-refractivity contribution is 0.533. The molecule has 0 atom stereocenters. The summed E-state index contributed by atoms with van der Waals surface area (Å²) in [5.41, 5.74) is 4.08. The van der Waals surface area contributed by atoms with Crippen molar-refractivity contribution in [2.45, 2.75) is 33.6 Å². The van der Waals surface area contributed by atoms with Crippen molar-refractivity contribution < 1.29 is 4.42 Å². The van der Waals surface area contributed by atoms with Crippen LogP contribution in [-0.2, 0) is 6.42 Å². The number of nitrogens with zero attached hydrogens (tertiary/aromatic N) is 3. The van der Waals surface area contributed by atoms with Crippen molar-refractivity contribution in [3.05, 3.63) is 29.4 Å². The van der Waals surface area contributed by atoms with E-state index in [-0.39, 0.29) is 0 Å². The summed E-state index contributed by atoms with van der Waals surface area (Å²) in [7, 11) is 0. The first kappa shape index (κ1) is 11.9. The van der Waals surface area contributed by atoms with Gasteiger partial charge in [0.05, 0.1) is 11.0 Å². The molecule has 0 aliphatic rings. The zero-order chi connectivity index (χ0) is 13.4. The molecule has 0 radical (unpaired) electrons. The summed E-state index contributed by atoms with van der Waals surface area (Å²) < 4.78 is 5.47. The number of imidazole rings is 1. The van der Waals surface area contributed by atoms with Gasteiger partial charge in [0.25, 0.3) is 0 Å². The molecule has 19 heavy (non-hydrogen) atoms. The molecule has 2 heterocycles. The predicted molar refractivity (Wildman–Crippen MR) is 72.9 cm³/mol. The van der Waals surface area contributed by atoms with Gasteiger partial charge in [-0.3, -0.25) is 0 Å². The van der Waals surface area contributed by atoms with E-state index in [1.165, 1.54) is 0 Å². The van der Waals surface area contributed by atoms with Crippen LogP contribution in [0.4, 0.5) is 0 Å². The summed E-state index contributed by atoms with van der Waals surface area (Å²) >= 11 is 0. The summed E-state index contributed by atoms with van der Waals surface area (Å²) in [6.45, 7) is 5.98. The fourth-order valence-electron chi connectivity index (χ4n) is 2.23. The maximum absolute atomic E-state index is 5.47. The van der Waals surface area contributed by atoms with Crippen LogP contribution in [0.2, 0.25) is 0 Å². The summed E-state index contributed by atoms with van der Waals surface area (Å²) in [6, 6.07) is 4.05. The van der Waals surface area contributed by atoms with Crippen molar-refractivity contribution >= 4 is 11.0 Å². The molecular formula is C14H16N4O. The molecule has 0 aliphatic carbocycles. The average molecular weight is 256 g/mol. The van der Waals surface area contributed by atoms with Crippen LogP contribution < -0.4 is 0 Å². The molecule has 5 heteroatoms. The van der Waals surface area contributed by atoms with E-state index >= 15 is 0 Å². The van der Waals surface area contributed by atoms with Gasteiger partial charge in [0, 0.05) is 18.9 Å². The molecule has 0 amide bonds. The molecular weight excluding hydrogens is 240 g/mol. The van der Waals surface area contributed by atoms with Crippen LogP contribution in [0.25, 0.3) is 22.5 Å². The van der Waals surface area contributed by atoms with Gasteiger partial charge in [-0.1, -0.05) is 6.92 Å². The number of aromatic nitrogens is 4. The SMILES string of the molecule is CCCc1nc2c(C)cc(-c3nnc(C)o3)cc2[nH]1. The molecule has 3 aromatic rings. The Labute approximate surface area is 111 Å². The zero-order valence-corrected chi connectivity index (χ0v) is 11.3. The Bertz CT molecular complexity index is 726. The van der Waals surface area contributed by atoms with Crippen LogP contribution >= 0.6 is 0 Å². The average Bonchev–Trinajstić information content (AvgIpc) is 2.96. The highest BCUT2D eigenvalue weighted by atomic mass is 16.4. The number of rotatable bonds is 3. The number of fused-ring (bicyclic) bond motifs is 1. The van der Waals surface area contributed by atoms with E-state index in [4.69, 9.17) is 4.42 Å². The standard InChI is InChI=1S/C14H16N4O/c1-4-5-12-15-11-7-10(6-8(2)13(11)16-12)14-18-17-9(3)19-14/h6-7H,4-5H2,1-3H3,(H,15,16). The molecule has 3 rings (SSSR count). The van der Waals surface area contributed by atoms with Crippen LogP contribution in [0.1, 0.15) is 30.6 Å². The predicted octanol–water partition coefficient (Wildman–Crippen LogP) is 3.18. The summed E-state index contributed by atoms with van der Waals surface area (Å²) in [5.74, 6) is 2.15. The number of aryl methyl sites for hydroxylation is 3. The molecule has 5 nitrogen and oxygen atoms in total. The lowest BCUT2D eigenvalue weighted by atomic mass is 10.1. The van der Waals surface area contributed by atoms with Gasteiger partial charge in [0.2, 0.25) is 11.8 Å². The van der Waals surface area contributed by atoms with Crippen molar-refractivity contribution in [2.24, 2.45) is 0 Å². The molecule has 0 fully saturated rings. The number of aromatic amines is 1. The van der Waals surface area contributed by atoms with Crippen LogP contribution in [0.5, 0.6) is 0 Å². The fraction of sp³-hybridized carbons (Fsp3) is 0.357. The Morgan fingerprint density at radius 3 is 2.74 bits per heavy atom. The van der Waals surface area contributed by atoms with E-state index in [1.54, 1.807) is 6.92 Å². The minimum absolute atomic E-state index is 0.550. The fourth-order valence-corrected chi connectivity index (χ4v) is 2.23. The number of hydrogen-bond acceptors (Lipinski definition) is 4. The molecule has 0 aliphatic heterocycles. The van der Waals surface area contributed by atoms with Gasteiger partial charge in [-0.2, -0.15) is 0 Å². The molecule has 98 valence electrons. The Balaban J connectivity index is 2.12. The third kappa shape index (κ3) is 2.12. The van der Waals surface area contributed by atoms with E-state index in [0.29, 0.717) is 11.8 Å². The zero-order valence-electron chi connectivity index (χ0n) is 11.3. The third-order valence-corrected chi connectivity index (χ3v) is 3.09. The second-order valence-corrected chi connectivity index (χ2v) is 4.75. The highest BCUT2D eigenvalue weighted by Gasteiger charge is 2.11. The van der Waals surface area contributed by atoms with Crippen molar-refractivity contribution in [2.75, 3.05) is 0 Å². The van der Waals surface area contributed by atoms with Gasteiger partial charge in [-0.15, -0.1) is 10.2 Å². The minimum Gasteiger partial charge on any atom is -0.421 e. The maximum atomic E-state index is 5.47. The first-order valence-corrected chi connectivity index (χ1v) is 6.47. The molecule has 2 aromatic heterocycles. The Morgan fingerprint density at radius 1 is 1.21 bits per heavy atom. The van der Waals surface area contributed by atoms with Crippen molar-refractivity contribution in [3.63, 3.8) is 0 Å². The molecule has 0 spiro atoms. The summed E-state index contributed by atoms with van der Waals surface area (Å²) in [5, 5.41) is 7.92. The van der Waals surface area contributed by atoms with Crippen LogP contribution in [0.15, 0.2) is 16.5 Å². The lowest BCUT2D eigenvalue weighted by Crippen LogP contribution is -1.84. The first-order valence-electron chi connectivity index (χ1n) is 6.47. The smallest absolute Gasteiger partial charge is 0.247 e. The normalized spacial score (nSPS) is 11.3. The first-order chi connectivity index (χ1) is 9.17. The van der Waals surface area contributed by atoms with Crippen LogP contribution in [-0.4, -0.2) is 20.2 Å². The van der Waals surface area contributed by atoms with Crippen molar-refractivity contribution in [1.82, 2.24) is 20.2 Å². The molecule has 0 bridgehead atoms. The number of H-pyrrole nitrogens is 1. The van der Waals surface area contributed by atoms with Gasteiger partial charge in [0.15, 0.2) is 0 Å². The highest BCUT2D eigenvalue weighted by molar-refractivity contribution is 5.83. The van der Waals surface area contributed by atoms with E-state index in [9.17, 15) is 0 Å². The second kappa shape index (κ2) is 4.50. The maximum Gasteiger partial charge on any atom is 0.247 e. The van der Waals surface area contributed by atoms with Crippen molar-refractivity contribution in [3.8, 4) is 11.5 Å². The monoisotopic (exact) mass is 256 g/mol. The quantitative estimate of drug-likeness (QED) is 0.781. The van der Waals surface area contributed by atoms with E-state index in [1.807, 2.05) is 19.1 Å². The van der Waals surface area contributed by atoms with Gasteiger partial charge >= 0.3 is 0 Å². The Hall–Kier alpha value is -2.17. The molecule has 0 unspecified atom stereocenters. The number of benzene rings is 1. The van der Waals surface area contributed by atoms with Gasteiger partial charge in [-0.05, 0) is 31.0 Å². The molecule has 1 aromatic carbocycles. The van der Waals surface area contributed by atoms with Gasteiger partial charge in [0.1, 0.15) is 5.82 Å². The van der Waals surface area contributed by atoms with Crippen LogP contribution in [0, 0.1) is 13.8 Å². The molecule has 0 saturated carbocycles. The number of nitrogens with one attached hydrogen (secondary N) is 1. The summed E-state index contributed by atoms with van der Waals surface area (Å²) in [6.07, 6.45) is 2.04. The molecule has 1 N–H and O–H groups in total. The minimum atomic E-state index is 0.550. The Kier molecular flexibility index (Phi) is 2.81. The third-order valence-electron chi connectivity index (χ3n) is 3.09. The lowest BCUT2D eigenvalue weighted by Gasteiger charge is -1.98. The van der Waals surface area contributed by atoms with Gasteiger partial charge < -0.3 is 9.40 Å². The number of hydrogen-bond donors (Lipinski definition) is 1.